The topological polar surface area (TPSA) is 107 Å². The minimum Gasteiger partial charge on any atom is -0.479 e. The van der Waals surface area contributed by atoms with Crippen molar-refractivity contribution in [1.82, 2.24) is 10.2 Å². The molecule has 1 fully saturated rings. The third-order valence-electron chi connectivity index (χ3n) is 2.71. The normalized spacial score (nSPS) is 21.4. The van der Waals surface area contributed by atoms with Gasteiger partial charge in [-0.15, -0.1) is 0 Å². The summed E-state index contributed by atoms with van der Waals surface area (Å²) in [6, 6.07) is 0. The number of carbonyl (C=O) groups excluding carboxylic acids is 2. The van der Waals surface area contributed by atoms with E-state index in [9.17, 15) is 14.4 Å². The number of carboxylic acid groups (broad SMARTS) is 1. The van der Waals surface area contributed by atoms with Crippen LogP contribution in [0.4, 0.5) is 0 Å². The number of aliphatic hydroxyl groups is 1. The molecule has 96 valence electrons. The summed E-state index contributed by atoms with van der Waals surface area (Å²) in [4.78, 5) is 34.5. The van der Waals surface area contributed by atoms with Crippen LogP contribution in [0.5, 0.6) is 0 Å². The molecule has 0 radical (unpaired) electrons. The van der Waals surface area contributed by atoms with Crippen LogP contribution in [-0.2, 0) is 14.4 Å². The maximum Gasteiger partial charge on any atom is 0.332 e. The quantitative estimate of drug-likeness (QED) is 0.541. The van der Waals surface area contributed by atoms with E-state index >= 15 is 0 Å². The molecule has 0 aromatic heterocycles. The number of likely N-dealkylation sites (tertiary alicyclic amines) is 1. The molecule has 0 aliphatic carbocycles. The molecule has 2 atom stereocenters. The van der Waals surface area contributed by atoms with Gasteiger partial charge in [-0.1, -0.05) is 0 Å². The summed E-state index contributed by atoms with van der Waals surface area (Å²) in [7, 11) is 1.63. The molecule has 0 bridgehead atoms. The molecule has 1 rings (SSSR count). The van der Waals surface area contributed by atoms with E-state index in [0.717, 1.165) is 0 Å². The summed E-state index contributed by atoms with van der Waals surface area (Å²) in [5, 5.41) is 19.9. The van der Waals surface area contributed by atoms with Crippen molar-refractivity contribution in [3.8, 4) is 0 Å². The molecular weight excluding hydrogens is 228 g/mol. The first kappa shape index (κ1) is 13.4. The Morgan fingerprint density at radius 2 is 2.24 bits per heavy atom. The number of aliphatic hydroxyl groups excluding tert-OH is 1. The second-order valence-electron chi connectivity index (χ2n) is 4.11. The third kappa shape index (κ3) is 3.70. The molecule has 0 spiro atoms. The van der Waals surface area contributed by atoms with Gasteiger partial charge in [0.1, 0.15) is 0 Å². The average Bonchev–Trinajstić information content (AvgIpc) is 2.59. The van der Waals surface area contributed by atoms with Gasteiger partial charge in [0, 0.05) is 33.0 Å². The van der Waals surface area contributed by atoms with Crippen LogP contribution in [0.1, 0.15) is 12.8 Å². The fraction of sp³-hybridized carbons (Fsp3) is 0.700. The number of carbonyl (C=O) groups is 3. The molecule has 2 amide bonds. The van der Waals surface area contributed by atoms with Gasteiger partial charge < -0.3 is 20.4 Å². The van der Waals surface area contributed by atoms with E-state index in [2.05, 4.69) is 5.32 Å². The second-order valence-corrected chi connectivity index (χ2v) is 4.11. The number of amides is 2. The van der Waals surface area contributed by atoms with Gasteiger partial charge in [0.15, 0.2) is 6.10 Å². The number of hydrogen-bond donors (Lipinski definition) is 3. The SMILES string of the molecule is CN1CC(C(=O)NCC[C@H](O)C(=O)O)CC1=O. The Morgan fingerprint density at radius 1 is 1.59 bits per heavy atom. The fourth-order valence-electron chi connectivity index (χ4n) is 1.64. The van der Waals surface area contributed by atoms with Crippen LogP contribution >= 0.6 is 0 Å². The number of hydrogen-bond acceptors (Lipinski definition) is 4. The zero-order valence-electron chi connectivity index (χ0n) is 9.55. The van der Waals surface area contributed by atoms with Gasteiger partial charge in [0.05, 0.1) is 5.92 Å². The van der Waals surface area contributed by atoms with E-state index in [4.69, 9.17) is 10.2 Å². The molecule has 0 aromatic carbocycles. The Hall–Kier alpha value is -1.63. The predicted octanol–water partition coefficient (Wildman–Crippen LogP) is -1.58. The Balaban J connectivity index is 2.27. The van der Waals surface area contributed by atoms with Gasteiger partial charge in [-0.3, -0.25) is 9.59 Å². The molecule has 1 aliphatic heterocycles. The Labute approximate surface area is 98.4 Å². The van der Waals surface area contributed by atoms with Crippen molar-refractivity contribution in [2.75, 3.05) is 20.1 Å². The summed E-state index contributed by atoms with van der Waals surface area (Å²) < 4.78 is 0. The van der Waals surface area contributed by atoms with Gasteiger partial charge in [0.25, 0.3) is 0 Å². The zero-order chi connectivity index (χ0) is 13.0. The Bertz CT molecular complexity index is 331. The van der Waals surface area contributed by atoms with Crippen LogP contribution in [0.3, 0.4) is 0 Å². The zero-order valence-corrected chi connectivity index (χ0v) is 9.55. The molecule has 7 nitrogen and oxygen atoms in total. The first-order chi connectivity index (χ1) is 7.91. The average molecular weight is 244 g/mol. The predicted molar refractivity (Wildman–Crippen MR) is 57.0 cm³/mol. The Morgan fingerprint density at radius 3 is 2.71 bits per heavy atom. The van der Waals surface area contributed by atoms with Crippen LogP contribution in [0.2, 0.25) is 0 Å². The van der Waals surface area contributed by atoms with Gasteiger partial charge in [0.2, 0.25) is 11.8 Å². The highest BCUT2D eigenvalue weighted by Gasteiger charge is 2.31. The van der Waals surface area contributed by atoms with E-state index in [0.29, 0.717) is 6.54 Å². The maximum atomic E-state index is 11.6. The van der Waals surface area contributed by atoms with Crippen LogP contribution in [0.25, 0.3) is 0 Å². The molecule has 1 saturated heterocycles. The van der Waals surface area contributed by atoms with Gasteiger partial charge in [-0.2, -0.15) is 0 Å². The smallest absolute Gasteiger partial charge is 0.332 e. The second kappa shape index (κ2) is 5.62. The van der Waals surface area contributed by atoms with Crippen LogP contribution in [0, 0.1) is 5.92 Å². The number of nitrogens with one attached hydrogen (secondary N) is 1. The molecule has 7 heteroatoms. The lowest BCUT2D eigenvalue weighted by molar-refractivity contribution is -0.147. The van der Waals surface area contributed by atoms with E-state index in [-0.39, 0.29) is 37.1 Å². The maximum absolute atomic E-state index is 11.6. The van der Waals surface area contributed by atoms with Gasteiger partial charge in [-0.05, 0) is 0 Å². The standard InChI is InChI=1S/C10H16N2O5/c1-12-5-6(4-8(12)14)9(15)11-3-2-7(13)10(16)17/h6-7,13H,2-5H2,1H3,(H,11,15)(H,16,17)/t6?,7-/m0/s1. The number of carboxylic acids is 1. The van der Waals surface area contributed by atoms with Crippen molar-refractivity contribution in [2.24, 2.45) is 5.92 Å². The van der Waals surface area contributed by atoms with Crippen molar-refractivity contribution in [1.29, 1.82) is 0 Å². The number of rotatable bonds is 5. The third-order valence-corrected chi connectivity index (χ3v) is 2.71. The minimum absolute atomic E-state index is 0.0441. The van der Waals surface area contributed by atoms with Crippen LogP contribution in [-0.4, -0.2) is 59.1 Å². The first-order valence-electron chi connectivity index (χ1n) is 5.34. The van der Waals surface area contributed by atoms with Gasteiger partial charge in [-0.25, -0.2) is 4.79 Å². The van der Waals surface area contributed by atoms with Gasteiger partial charge >= 0.3 is 5.97 Å². The highest BCUT2D eigenvalue weighted by atomic mass is 16.4. The summed E-state index contributed by atoms with van der Waals surface area (Å²) in [5.74, 6) is -2.04. The minimum atomic E-state index is -1.47. The number of nitrogens with zero attached hydrogens (tertiary/aromatic N) is 1. The summed E-state index contributed by atoms with van der Waals surface area (Å²) >= 11 is 0. The molecule has 3 N–H and O–H groups in total. The fourth-order valence-corrected chi connectivity index (χ4v) is 1.64. The van der Waals surface area contributed by atoms with Crippen molar-refractivity contribution in [2.45, 2.75) is 18.9 Å². The van der Waals surface area contributed by atoms with E-state index in [1.807, 2.05) is 0 Å². The van der Waals surface area contributed by atoms with Crippen molar-refractivity contribution in [3.05, 3.63) is 0 Å². The first-order valence-corrected chi connectivity index (χ1v) is 5.34. The lowest BCUT2D eigenvalue weighted by Crippen LogP contribution is -2.35. The van der Waals surface area contributed by atoms with Crippen LogP contribution in [0.15, 0.2) is 0 Å². The summed E-state index contributed by atoms with van der Waals surface area (Å²) in [6.45, 7) is 0.465. The largest absolute Gasteiger partial charge is 0.479 e. The lowest BCUT2D eigenvalue weighted by atomic mass is 10.1. The Kier molecular flexibility index (Phi) is 4.45. The molecule has 0 saturated carbocycles. The van der Waals surface area contributed by atoms with Crippen LogP contribution < -0.4 is 5.32 Å². The van der Waals surface area contributed by atoms with Crippen molar-refractivity contribution >= 4 is 17.8 Å². The summed E-state index contributed by atoms with van der Waals surface area (Å²) in [6.07, 6.45) is -1.33. The van der Waals surface area contributed by atoms with Crippen molar-refractivity contribution < 1.29 is 24.6 Å². The highest BCUT2D eigenvalue weighted by molar-refractivity contribution is 5.89. The number of aliphatic carboxylic acids is 1. The molecule has 1 unspecified atom stereocenters. The summed E-state index contributed by atoms with van der Waals surface area (Å²) in [5.41, 5.74) is 0. The van der Waals surface area contributed by atoms with E-state index in [1.165, 1.54) is 4.90 Å². The van der Waals surface area contributed by atoms with E-state index < -0.39 is 12.1 Å². The molecule has 1 heterocycles. The monoisotopic (exact) mass is 244 g/mol. The lowest BCUT2D eigenvalue weighted by Gasteiger charge is -2.11. The van der Waals surface area contributed by atoms with E-state index in [1.54, 1.807) is 7.05 Å². The molecular formula is C10H16N2O5. The molecule has 17 heavy (non-hydrogen) atoms. The molecule has 1 aliphatic rings. The highest BCUT2D eigenvalue weighted by Crippen LogP contribution is 2.15. The molecule has 0 aromatic rings. The van der Waals surface area contributed by atoms with Crippen molar-refractivity contribution in [3.63, 3.8) is 0 Å².